The average Bonchev–Trinajstić information content (AvgIpc) is 3.10. The number of aromatic amines is 1. The number of hydrogen-bond donors (Lipinski definition) is 3. The third-order valence-corrected chi connectivity index (χ3v) is 4.50. The first kappa shape index (κ1) is 18.9. The zero-order valence-corrected chi connectivity index (χ0v) is 15.4. The maximum absolute atomic E-state index is 12.7. The zero-order valence-electron chi connectivity index (χ0n) is 14.6. The lowest BCUT2D eigenvalue weighted by Gasteiger charge is -2.22. The Hall–Kier alpha value is -2.83. The summed E-state index contributed by atoms with van der Waals surface area (Å²) in [7, 11) is 1.19. The van der Waals surface area contributed by atoms with Crippen LogP contribution in [0.3, 0.4) is 0 Å². The van der Waals surface area contributed by atoms with Crippen molar-refractivity contribution in [3.63, 3.8) is 0 Å². The summed E-state index contributed by atoms with van der Waals surface area (Å²) < 4.78 is 4.62. The zero-order chi connectivity index (χ0) is 19.4. The van der Waals surface area contributed by atoms with Crippen molar-refractivity contribution >= 4 is 34.4 Å². The van der Waals surface area contributed by atoms with Gasteiger partial charge in [0.2, 0.25) is 0 Å². The summed E-state index contributed by atoms with van der Waals surface area (Å²) in [5.41, 5.74) is 1.94. The number of H-pyrrole nitrogens is 1. The van der Waals surface area contributed by atoms with E-state index in [1.165, 1.54) is 7.11 Å². The van der Waals surface area contributed by atoms with Crippen LogP contribution in [0.2, 0.25) is 5.02 Å². The lowest BCUT2D eigenvalue weighted by molar-refractivity contribution is -0.151. The SMILES string of the molecule is COC(=O)[C@@H](O)[C@H](Cc1ccccc1)NC(=O)c1cc2cc(Cl)ccc2[nH]1. The van der Waals surface area contributed by atoms with Gasteiger partial charge in [0.25, 0.3) is 5.91 Å². The Bertz CT molecular complexity index is 955. The Labute approximate surface area is 161 Å². The Kier molecular flexibility index (Phi) is 5.78. The minimum Gasteiger partial charge on any atom is -0.467 e. The number of fused-ring (bicyclic) bond motifs is 1. The fraction of sp³-hybridized carbons (Fsp3) is 0.200. The standard InChI is InChI=1S/C20H19ClN2O4/c1-27-20(26)18(24)16(9-12-5-3-2-4-6-12)23-19(25)17-11-13-10-14(21)7-8-15(13)22-17/h2-8,10-11,16,18,22,24H,9H2,1H3,(H,23,25)/t16-,18-/m0/s1. The molecule has 1 aromatic heterocycles. The van der Waals surface area contributed by atoms with Crippen molar-refractivity contribution in [1.82, 2.24) is 10.3 Å². The predicted octanol–water partition coefficient (Wildman–Crippen LogP) is 2.70. The molecular formula is C20H19ClN2O4. The van der Waals surface area contributed by atoms with E-state index in [9.17, 15) is 14.7 Å². The number of halogens is 1. The van der Waals surface area contributed by atoms with Crippen molar-refractivity contribution in [2.75, 3.05) is 7.11 Å². The van der Waals surface area contributed by atoms with Crippen LogP contribution in [-0.2, 0) is 16.0 Å². The summed E-state index contributed by atoms with van der Waals surface area (Å²) in [6, 6.07) is 15.3. The van der Waals surface area contributed by atoms with E-state index in [4.69, 9.17) is 11.6 Å². The highest BCUT2D eigenvalue weighted by molar-refractivity contribution is 6.31. The summed E-state index contributed by atoms with van der Waals surface area (Å²) in [4.78, 5) is 27.5. The number of ether oxygens (including phenoxy) is 1. The smallest absolute Gasteiger partial charge is 0.336 e. The van der Waals surface area contributed by atoms with Crippen LogP contribution in [0.1, 0.15) is 16.1 Å². The highest BCUT2D eigenvalue weighted by Crippen LogP contribution is 2.20. The molecule has 0 unspecified atom stereocenters. The molecule has 3 N–H and O–H groups in total. The minimum absolute atomic E-state index is 0.273. The normalized spacial score (nSPS) is 13.1. The summed E-state index contributed by atoms with van der Waals surface area (Å²) in [6.45, 7) is 0. The quantitative estimate of drug-likeness (QED) is 0.568. The Balaban J connectivity index is 1.82. The van der Waals surface area contributed by atoms with Crippen LogP contribution in [0.4, 0.5) is 0 Å². The molecule has 2 atom stereocenters. The molecule has 0 aliphatic heterocycles. The molecule has 0 radical (unpaired) electrons. The summed E-state index contributed by atoms with van der Waals surface area (Å²) in [5.74, 6) is -1.24. The Morgan fingerprint density at radius 3 is 2.63 bits per heavy atom. The van der Waals surface area contributed by atoms with Crippen molar-refractivity contribution < 1.29 is 19.4 Å². The third-order valence-electron chi connectivity index (χ3n) is 4.27. The number of aromatic nitrogens is 1. The molecule has 0 bridgehead atoms. The summed E-state index contributed by atoms with van der Waals surface area (Å²) >= 11 is 5.98. The van der Waals surface area contributed by atoms with Crippen molar-refractivity contribution in [2.45, 2.75) is 18.6 Å². The number of aliphatic hydroxyl groups is 1. The van der Waals surface area contributed by atoms with E-state index in [1.807, 2.05) is 30.3 Å². The van der Waals surface area contributed by atoms with Crippen LogP contribution >= 0.6 is 11.6 Å². The van der Waals surface area contributed by atoms with E-state index in [2.05, 4.69) is 15.0 Å². The number of amides is 1. The van der Waals surface area contributed by atoms with Gasteiger partial charge in [-0.1, -0.05) is 41.9 Å². The molecule has 0 aliphatic carbocycles. The molecule has 2 aromatic carbocycles. The molecule has 1 amide bonds. The predicted molar refractivity (Wildman–Crippen MR) is 103 cm³/mol. The van der Waals surface area contributed by atoms with Gasteiger partial charge < -0.3 is 20.1 Å². The maximum Gasteiger partial charge on any atom is 0.336 e. The number of carbonyl (C=O) groups excluding carboxylic acids is 2. The van der Waals surface area contributed by atoms with E-state index in [1.54, 1.807) is 24.3 Å². The molecule has 7 heteroatoms. The number of hydrogen-bond acceptors (Lipinski definition) is 4. The molecule has 0 aliphatic rings. The van der Waals surface area contributed by atoms with E-state index in [0.717, 1.165) is 16.5 Å². The van der Waals surface area contributed by atoms with Crippen LogP contribution < -0.4 is 5.32 Å². The fourth-order valence-electron chi connectivity index (χ4n) is 2.87. The number of aliphatic hydroxyl groups excluding tert-OH is 1. The van der Waals surface area contributed by atoms with Gasteiger partial charge in [0.15, 0.2) is 6.10 Å². The second-order valence-corrected chi connectivity index (χ2v) is 6.59. The van der Waals surface area contributed by atoms with Crippen molar-refractivity contribution in [1.29, 1.82) is 0 Å². The number of benzene rings is 2. The minimum atomic E-state index is -1.49. The van der Waals surface area contributed by atoms with E-state index < -0.39 is 24.0 Å². The first-order valence-corrected chi connectivity index (χ1v) is 8.74. The van der Waals surface area contributed by atoms with E-state index >= 15 is 0 Å². The number of methoxy groups -OCH3 is 1. The van der Waals surface area contributed by atoms with Crippen molar-refractivity contribution in [3.05, 3.63) is 70.9 Å². The molecule has 140 valence electrons. The molecule has 3 rings (SSSR count). The number of rotatable bonds is 6. The summed E-state index contributed by atoms with van der Waals surface area (Å²) in [5, 5.41) is 14.4. The molecule has 0 spiro atoms. The van der Waals surface area contributed by atoms with Crippen LogP contribution in [0.5, 0.6) is 0 Å². The maximum atomic E-state index is 12.7. The van der Waals surface area contributed by atoms with Crippen LogP contribution in [0.25, 0.3) is 10.9 Å². The van der Waals surface area contributed by atoms with Crippen molar-refractivity contribution in [3.8, 4) is 0 Å². The first-order valence-electron chi connectivity index (χ1n) is 8.37. The van der Waals surface area contributed by atoms with Gasteiger partial charge in [-0.05, 0) is 36.2 Å². The van der Waals surface area contributed by atoms with Gasteiger partial charge in [-0.2, -0.15) is 0 Å². The van der Waals surface area contributed by atoms with Crippen LogP contribution in [0, 0.1) is 0 Å². The first-order chi connectivity index (χ1) is 13.0. The van der Waals surface area contributed by atoms with Crippen LogP contribution in [0.15, 0.2) is 54.6 Å². The third kappa shape index (κ3) is 4.48. The molecule has 0 fully saturated rings. The average molecular weight is 387 g/mol. The van der Waals surface area contributed by atoms with Gasteiger partial charge in [-0.25, -0.2) is 4.79 Å². The lowest BCUT2D eigenvalue weighted by atomic mass is 10.0. The van der Waals surface area contributed by atoms with Gasteiger partial charge in [0, 0.05) is 15.9 Å². The lowest BCUT2D eigenvalue weighted by Crippen LogP contribution is -2.48. The number of esters is 1. The van der Waals surface area contributed by atoms with Crippen LogP contribution in [-0.4, -0.2) is 41.2 Å². The van der Waals surface area contributed by atoms with Crippen molar-refractivity contribution in [2.24, 2.45) is 0 Å². The van der Waals surface area contributed by atoms with E-state index in [0.29, 0.717) is 10.7 Å². The van der Waals surface area contributed by atoms with Gasteiger partial charge in [-0.3, -0.25) is 4.79 Å². The monoisotopic (exact) mass is 386 g/mol. The molecular weight excluding hydrogens is 368 g/mol. The second-order valence-electron chi connectivity index (χ2n) is 6.15. The van der Waals surface area contributed by atoms with Gasteiger partial charge >= 0.3 is 5.97 Å². The molecule has 6 nitrogen and oxygen atoms in total. The highest BCUT2D eigenvalue weighted by Gasteiger charge is 2.29. The number of nitrogens with one attached hydrogen (secondary N) is 2. The van der Waals surface area contributed by atoms with E-state index in [-0.39, 0.29) is 6.42 Å². The molecule has 1 heterocycles. The fourth-order valence-corrected chi connectivity index (χ4v) is 3.05. The topological polar surface area (TPSA) is 91.4 Å². The van der Waals surface area contributed by atoms with Gasteiger partial charge in [0.05, 0.1) is 13.2 Å². The molecule has 27 heavy (non-hydrogen) atoms. The van der Waals surface area contributed by atoms with Gasteiger partial charge in [-0.15, -0.1) is 0 Å². The molecule has 3 aromatic rings. The van der Waals surface area contributed by atoms with Gasteiger partial charge in [0.1, 0.15) is 5.69 Å². The summed E-state index contributed by atoms with van der Waals surface area (Å²) in [6.07, 6.45) is -1.22. The Morgan fingerprint density at radius 2 is 1.93 bits per heavy atom. The number of carbonyl (C=O) groups is 2. The molecule has 0 saturated carbocycles. The molecule has 0 saturated heterocycles. The highest BCUT2D eigenvalue weighted by atomic mass is 35.5. The largest absolute Gasteiger partial charge is 0.467 e. The Morgan fingerprint density at radius 1 is 1.19 bits per heavy atom. The second kappa shape index (κ2) is 8.24.